The van der Waals surface area contributed by atoms with Crippen LogP contribution in [0.25, 0.3) is 32.1 Å². The van der Waals surface area contributed by atoms with Crippen molar-refractivity contribution in [3.05, 3.63) is 40.4 Å². The highest BCUT2D eigenvalue weighted by atomic mass is 35.5. The van der Waals surface area contributed by atoms with Gasteiger partial charge < -0.3 is 20.5 Å². The second-order valence-corrected chi connectivity index (χ2v) is 14.3. The number of hydrogen-bond donors (Lipinski definition) is 2. The Hall–Kier alpha value is -3.37. The summed E-state index contributed by atoms with van der Waals surface area (Å²) in [5.74, 6) is -0.941. The minimum Gasteiger partial charge on any atom is -0.461 e. The predicted molar refractivity (Wildman–Crippen MR) is 170 cm³/mol. The molecule has 5 heterocycles. The molecule has 3 fully saturated rings. The Kier molecular flexibility index (Phi) is 7.51. The number of benzene rings is 2. The molecule has 3 N–H and O–H groups in total. The van der Waals surface area contributed by atoms with Crippen molar-refractivity contribution < 1.29 is 23.0 Å². The molecule has 3 saturated heterocycles. The smallest absolute Gasteiger partial charge is 0.319 e. The SMILES string of the molecule is C[C@@]1(CO)CCCN(c2nc(OC[C@@]34CCCN3C[C@H](F)C4)nc3c(F)c(-c4ccc(F)c5sc(N)c(C#N)c45)c(Cl)cc23)C1. The van der Waals surface area contributed by atoms with E-state index in [4.69, 9.17) is 27.1 Å². The summed E-state index contributed by atoms with van der Waals surface area (Å²) in [5.41, 5.74) is 5.35. The van der Waals surface area contributed by atoms with Gasteiger partial charge in [0.2, 0.25) is 0 Å². The van der Waals surface area contributed by atoms with Crippen molar-refractivity contribution in [3.8, 4) is 23.2 Å². The molecule has 3 aliphatic rings. The third kappa shape index (κ3) is 4.95. The number of nitriles is 1. The number of hydrogen-bond acceptors (Lipinski definition) is 9. The van der Waals surface area contributed by atoms with Gasteiger partial charge in [-0.05, 0) is 49.9 Å². The number of nitrogen functional groups attached to an aromatic ring is 1. The maximum absolute atomic E-state index is 16.9. The van der Waals surface area contributed by atoms with Gasteiger partial charge in [0.15, 0.2) is 5.82 Å². The number of aliphatic hydroxyl groups is 1. The summed E-state index contributed by atoms with van der Waals surface area (Å²) in [6.07, 6.45) is 2.74. The number of nitrogens with zero attached hydrogens (tertiary/aromatic N) is 5. The summed E-state index contributed by atoms with van der Waals surface area (Å²) >= 11 is 7.73. The number of piperidine rings is 1. The number of nitrogens with two attached hydrogens (primary N) is 1. The highest BCUT2D eigenvalue weighted by molar-refractivity contribution is 7.23. The second-order valence-electron chi connectivity index (χ2n) is 12.9. The molecule has 7 rings (SSSR count). The maximum atomic E-state index is 16.9. The third-order valence-corrected chi connectivity index (χ3v) is 11.1. The van der Waals surface area contributed by atoms with Crippen molar-refractivity contribution in [2.75, 3.05) is 50.0 Å². The fourth-order valence-corrected chi connectivity index (χ4v) is 8.74. The normalized spacial score (nSPS) is 25.3. The number of alkyl halides is 1. The summed E-state index contributed by atoms with van der Waals surface area (Å²) in [7, 11) is 0. The number of rotatable bonds is 6. The minimum absolute atomic E-state index is 0.0244. The van der Waals surface area contributed by atoms with E-state index in [9.17, 15) is 19.1 Å². The van der Waals surface area contributed by atoms with Crippen molar-refractivity contribution in [1.82, 2.24) is 14.9 Å². The number of aliphatic hydroxyl groups excluding tert-OH is 1. The van der Waals surface area contributed by atoms with Gasteiger partial charge in [0.05, 0.1) is 27.4 Å². The lowest BCUT2D eigenvalue weighted by molar-refractivity contribution is 0.107. The quantitative estimate of drug-likeness (QED) is 0.244. The topological polar surface area (TPSA) is 112 Å². The first kappa shape index (κ1) is 30.3. The van der Waals surface area contributed by atoms with Gasteiger partial charge in [0, 0.05) is 47.8 Å². The molecule has 236 valence electrons. The van der Waals surface area contributed by atoms with Gasteiger partial charge in [-0.1, -0.05) is 24.6 Å². The fraction of sp³-hybridized carbons (Fsp3) is 0.469. The first-order chi connectivity index (χ1) is 21.6. The molecule has 2 aromatic heterocycles. The second kappa shape index (κ2) is 11.2. The van der Waals surface area contributed by atoms with E-state index in [0.717, 1.165) is 43.6 Å². The Balaban J connectivity index is 1.40. The molecule has 0 unspecified atom stereocenters. The van der Waals surface area contributed by atoms with E-state index in [1.54, 1.807) is 6.07 Å². The van der Waals surface area contributed by atoms with Crippen LogP contribution in [0.2, 0.25) is 5.02 Å². The average Bonchev–Trinajstić information content (AvgIpc) is 3.66. The lowest BCUT2D eigenvalue weighted by Crippen LogP contribution is -2.44. The lowest BCUT2D eigenvalue weighted by Gasteiger charge is -2.40. The zero-order valence-electron chi connectivity index (χ0n) is 24.7. The summed E-state index contributed by atoms with van der Waals surface area (Å²) in [4.78, 5) is 13.4. The molecule has 3 atom stereocenters. The van der Waals surface area contributed by atoms with Crippen LogP contribution in [-0.2, 0) is 0 Å². The van der Waals surface area contributed by atoms with Gasteiger partial charge in [-0.3, -0.25) is 4.90 Å². The average molecular weight is 657 g/mol. The summed E-state index contributed by atoms with van der Waals surface area (Å²) in [6.45, 7) is 4.36. The molecule has 0 bridgehead atoms. The van der Waals surface area contributed by atoms with Gasteiger partial charge in [-0.25, -0.2) is 13.2 Å². The van der Waals surface area contributed by atoms with Crippen LogP contribution in [0.3, 0.4) is 0 Å². The number of halogens is 4. The molecule has 0 amide bonds. The molecule has 0 radical (unpaired) electrons. The zero-order valence-corrected chi connectivity index (χ0v) is 26.2. The van der Waals surface area contributed by atoms with Crippen LogP contribution in [0.1, 0.15) is 44.6 Å². The molecule has 2 aromatic carbocycles. The van der Waals surface area contributed by atoms with Gasteiger partial charge in [0.1, 0.15) is 41.0 Å². The Morgan fingerprint density at radius 2 is 2.04 bits per heavy atom. The Morgan fingerprint density at radius 3 is 2.82 bits per heavy atom. The van der Waals surface area contributed by atoms with E-state index >= 15 is 4.39 Å². The highest BCUT2D eigenvalue weighted by Crippen LogP contribution is 2.46. The number of thiophene rings is 1. The van der Waals surface area contributed by atoms with Gasteiger partial charge in [-0.15, -0.1) is 11.3 Å². The van der Waals surface area contributed by atoms with Crippen LogP contribution in [-0.4, -0.2) is 71.1 Å². The van der Waals surface area contributed by atoms with Crippen LogP contribution in [0, 0.1) is 28.4 Å². The number of anilines is 2. The van der Waals surface area contributed by atoms with Crippen molar-refractivity contribution in [3.63, 3.8) is 0 Å². The van der Waals surface area contributed by atoms with E-state index in [2.05, 4.69) is 9.88 Å². The van der Waals surface area contributed by atoms with Crippen LogP contribution in [0.4, 0.5) is 24.0 Å². The Labute approximate surface area is 267 Å². The standard InChI is InChI=1S/C32H32ClF3N6O2S/c1-31(15-43)6-2-8-41(14-31)29-19-10-21(33)24(18-4-5-22(35)27-23(18)20(12-37)28(38)45-27)25(36)26(19)39-30(40-29)44-16-32-7-3-9-42(32)13-17(34)11-32/h4-5,10,17,43H,2-3,6-9,11,13-16,38H2,1H3/t17-,31-,32+/m1/s1. The van der Waals surface area contributed by atoms with Gasteiger partial charge in [-0.2, -0.15) is 15.2 Å². The molecule has 0 saturated carbocycles. The molecule has 3 aliphatic heterocycles. The van der Waals surface area contributed by atoms with Gasteiger partial charge in [0.25, 0.3) is 0 Å². The first-order valence-corrected chi connectivity index (χ1v) is 16.2. The highest BCUT2D eigenvalue weighted by Gasteiger charge is 2.49. The molecule has 8 nitrogen and oxygen atoms in total. The first-order valence-electron chi connectivity index (χ1n) is 15.0. The summed E-state index contributed by atoms with van der Waals surface area (Å²) < 4.78 is 52.5. The molecular formula is C32H32ClF3N6O2S. The zero-order chi connectivity index (χ0) is 31.7. The molecule has 4 aromatic rings. The van der Waals surface area contributed by atoms with Crippen molar-refractivity contribution in [1.29, 1.82) is 5.26 Å². The van der Waals surface area contributed by atoms with E-state index in [-0.39, 0.29) is 61.5 Å². The molecular weight excluding hydrogens is 625 g/mol. The third-order valence-electron chi connectivity index (χ3n) is 9.73. The molecule has 13 heteroatoms. The number of ether oxygens (including phenoxy) is 1. The van der Waals surface area contributed by atoms with Crippen LogP contribution in [0.5, 0.6) is 6.01 Å². The Bertz CT molecular complexity index is 1880. The lowest BCUT2D eigenvalue weighted by atomic mass is 9.82. The van der Waals surface area contributed by atoms with Crippen LogP contribution >= 0.6 is 22.9 Å². The predicted octanol–water partition coefficient (Wildman–Crippen LogP) is 6.45. The van der Waals surface area contributed by atoms with Gasteiger partial charge >= 0.3 is 6.01 Å². The van der Waals surface area contributed by atoms with E-state index in [1.807, 2.05) is 17.9 Å². The molecule has 0 aliphatic carbocycles. The minimum atomic E-state index is -0.939. The number of fused-ring (bicyclic) bond motifs is 3. The maximum Gasteiger partial charge on any atom is 0.319 e. The largest absolute Gasteiger partial charge is 0.461 e. The Morgan fingerprint density at radius 1 is 1.24 bits per heavy atom. The van der Waals surface area contributed by atoms with E-state index < -0.39 is 28.8 Å². The molecule has 45 heavy (non-hydrogen) atoms. The number of aromatic nitrogens is 2. The summed E-state index contributed by atoms with van der Waals surface area (Å²) in [6, 6.07) is 6.14. The fourth-order valence-electron chi connectivity index (χ4n) is 7.49. The van der Waals surface area contributed by atoms with Crippen molar-refractivity contribution in [2.24, 2.45) is 5.41 Å². The van der Waals surface area contributed by atoms with E-state index in [1.165, 1.54) is 12.1 Å². The molecule has 0 spiro atoms. The van der Waals surface area contributed by atoms with Crippen LogP contribution < -0.4 is 15.4 Å². The van der Waals surface area contributed by atoms with Crippen molar-refractivity contribution in [2.45, 2.75) is 50.7 Å². The van der Waals surface area contributed by atoms with Crippen molar-refractivity contribution >= 4 is 54.7 Å². The summed E-state index contributed by atoms with van der Waals surface area (Å²) in [5, 5.41) is 20.7. The monoisotopic (exact) mass is 656 g/mol. The van der Waals surface area contributed by atoms with Crippen LogP contribution in [0.15, 0.2) is 18.2 Å². The van der Waals surface area contributed by atoms with E-state index in [0.29, 0.717) is 37.3 Å².